The van der Waals surface area contributed by atoms with E-state index in [0.717, 1.165) is 24.3 Å². The summed E-state index contributed by atoms with van der Waals surface area (Å²) in [5.41, 5.74) is 3.75. The standard InChI is InChI=1S/C22H14BrF5N4O3/c23-19-18(11-1-3-12(4-2-11)22(26,27)28)31-21(35-19)15(9-32-8-7-30-10-32)34-14-6-5-13(24)16(17(14)25)20(29)33/h1-8,10,15H,9H2,(H2,29,33). The van der Waals surface area contributed by atoms with Gasteiger partial charge in [-0.05, 0) is 40.2 Å². The number of oxazole rings is 1. The van der Waals surface area contributed by atoms with Crippen molar-refractivity contribution >= 4 is 21.8 Å². The average molecular weight is 557 g/mol. The van der Waals surface area contributed by atoms with Crippen LogP contribution in [0, 0.1) is 11.6 Å². The van der Waals surface area contributed by atoms with E-state index in [2.05, 4.69) is 25.9 Å². The van der Waals surface area contributed by atoms with Crippen molar-refractivity contribution in [2.75, 3.05) is 0 Å². The van der Waals surface area contributed by atoms with Crippen molar-refractivity contribution in [2.24, 2.45) is 5.73 Å². The highest BCUT2D eigenvalue weighted by Gasteiger charge is 2.31. The van der Waals surface area contributed by atoms with Crippen LogP contribution in [-0.4, -0.2) is 20.4 Å². The van der Waals surface area contributed by atoms with Crippen molar-refractivity contribution in [3.05, 3.63) is 88.4 Å². The normalized spacial score (nSPS) is 12.5. The van der Waals surface area contributed by atoms with E-state index in [9.17, 15) is 26.7 Å². The number of aromatic nitrogens is 3. The number of benzene rings is 2. The molecule has 1 unspecified atom stereocenters. The summed E-state index contributed by atoms with van der Waals surface area (Å²) in [4.78, 5) is 19.7. The van der Waals surface area contributed by atoms with Crippen LogP contribution < -0.4 is 10.5 Å². The summed E-state index contributed by atoms with van der Waals surface area (Å²) >= 11 is 3.19. The molecule has 0 saturated heterocycles. The van der Waals surface area contributed by atoms with Crippen molar-refractivity contribution in [3.8, 4) is 17.0 Å². The number of alkyl halides is 3. The molecular weight excluding hydrogens is 543 g/mol. The molecule has 13 heteroatoms. The van der Waals surface area contributed by atoms with E-state index in [-0.39, 0.29) is 22.8 Å². The van der Waals surface area contributed by atoms with Crippen LogP contribution in [0.5, 0.6) is 5.75 Å². The first-order chi connectivity index (χ1) is 16.5. The molecule has 2 aromatic carbocycles. The topological polar surface area (TPSA) is 96.2 Å². The Morgan fingerprint density at radius 3 is 2.49 bits per heavy atom. The third-order valence-corrected chi connectivity index (χ3v) is 5.41. The lowest BCUT2D eigenvalue weighted by atomic mass is 10.1. The number of halogens is 6. The Hall–Kier alpha value is -3.74. The molecule has 0 aliphatic heterocycles. The van der Waals surface area contributed by atoms with Crippen LogP contribution in [0.1, 0.15) is 27.9 Å². The first kappa shape index (κ1) is 24.4. The fraction of sp³-hybridized carbons (Fsp3) is 0.136. The first-order valence-corrected chi connectivity index (χ1v) is 10.6. The quantitative estimate of drug-likeness (QED) is 0.302. The molecule has 0 spiro atoms. The van der Waals surface area contributed by atoms with Crippen molar-refractivity contribution in [3.63, 3.8) is 0 Å². The van der Waals surface area contributed by atoms with Crippen molar-refractivity contribution in [1.82, 2.24) is 14.5 Å². The second-order valence-electron chi connectivity index (χ2n) is 7.21. The summed E-state index contributed by atoms with van der Waals surface area (Å²) in [6, 6.07) is 6.04. The Labute approximate surface area is 202 Å². The maximum absolute atomic E-state index is 14.8. The van der Waals surface area contributed by atoms with Crippen LogP contribution in [0.2, 0.25) is 0 Å². The monoisotopic (exact) mass is 556 g/mol. The van der Waals surface area contributed by atoms with Gasteiger partial charge in [-0.2, -0.15) is 13.2 Å². The molecule has 0 aliphatic rings. The lowest BCUT2D eigenvalue weighted by molar-refractivity contribution is -0.137. The van der Waals surface area contributed by atoms with Gasteiger partial charge >= 0.3 is 6.18 Å². The minimum atomic E-state index is -4.50. The van der Waals surface area contributed by atoms with Gasteiger partial charge in [-0.1, -0.05) is 12.1 Å². The minimum absolute atomic E-state index is 0.00211. The first-order valence-electron chi connectivity index (χ1n) is 9.78. The van der Waals surface area contributed by atoms with Gasteiger partial charge < -0.3 is 19.5 Å². The smallest absolute Gasteiger partial charge is 0.416 e. The molecule has 182 valence electrons. The number of hydrogen-bond acceptors (Lipinski definition) is 5. The predicted molar refractivity (Wildman–Crippen MR) is 115 cm³/mol. The molecule has 35 heavy (non-hydrogen) atoms. The van der Waals surface area contributed by atoms with E-state index in [1.54, 1.807) is 10.8 Å². The van der Waals surface area contributed by atoms with Crippen molar-refractivity contribution in [1.29, 1.82) is 0 Å². The maximum atomic E-state index is 14.8. The predicted octanol–water partition coefficient (Wildman–Crippen LogP) is 5.52. The largest absolute Gasteiger partial charge is 0.476 e. The highest BCUT2D eigenvalue weighted by molar-refractivity contribution is 9.10. The summed E-state index contributed by atoms with van der Waals surface area (Å²) in [5, 5.41) is 0. The van der Waals surface area contributed by atoms with Crippen LogP contribution in [0.3, 0.4) is 0 Å². The molecule has 4 aromatic rings. The van der Waals surface area contributed by atoms with E-state index in [0.29, 0.717) is 5.56 Å². The van der Waals surface area contributed by atoms with Gasteiger partial charge in [0.25, 0.3) is 5.91 Å². The van der Waals surface area contributed by atoms with E-state index in [1.807, 2.05) is 0 Å². The van der Waals surface area contributed by atoms with Gasteiger partial charge in [0.15, 0.2) is 22.3 Å². The Kier molecular flexibility index (Phi) is 6.61. The van der Waals surface area contributed by atoms with Gasteiger partial charge in [0.1, 0.15) is 17.1 Å². The summed E-state index contributed by atoms with van der Waals surface area (Å²) in [6.45, 7) is 0.00211. The zero-order valence-electron chi connectivity index (χ0n) is 17.4. The highest BCUT2D eigenvalue weighted by Crippen LogP contribution is 2.36. The molecule has 7 nitrogen and oxygen atoms in total. The SMILES string of the molecule is NC(=O)c1c(F)ccc(OC(Cn2ccnc2)c2nc(-c3ccc(C(F)(F)F)cc3)c(Br)o2)c1F. The third-order valence-electron chi connectivity index (χ3n) is 4.87. The fourth-order valence-electron chi connectivity index (χ4n) is 3.21. The summed E-state index contributed by atoms with van der Waals surface area (Å²) < 4.78 is 80.3. The second-order valence-corrected chi connectivity index (χ2v) is 7.93. The molecule has 2 N–H and O–H groups in total. The van der Waals surface area contributed by atoms with Crippen LogP contribution in [0.4, 0.5) is 22.0 Å². The van der Waals surface area contributed by atoms with Gasteiger partial charge in [-0.3, -0.25) is 4.79 Å². The molecular formula is C22H14BrF5N4O3. The lowest BCUT2D eigenvalue weighted by Gasteiger charge is -2.18. The lowest BCUT2D eigenvalue weighted by Crippen LogP contribution is -2.19. The van der Waals surface area contributed by atoms with Crippen molar-refractivity contribution in [2.45, 2.75) is 18.8 Å². The molecule has 4 rings (SSSR count). The fourth-order valence-corrected chi connectivity index (χ4v) is 3.69. The molecule has 2 heterocycles. The molecule has 1 amide bonds. The van der Waals surface area contributed by atoms with Crippen LogP contribution in [-0.2, 0) is 12.7 Å². The second kappa shape index (κ2) is 9.49. The highest BCUT2D eigenvalue weighted by atomic mass is 79.9. The molecule has 1 atom stereocenters. The van der Waals surface area contributed by atoms with E-state index in [1.165, 1.54) is 24.7 Å². The Bertz CT molecular complexity index is 1350. The van der Waals surface area contributed by atoms with Gasteiger partial charge in [0.05, 0.1) is 18.4 Å². The minimum Gasteiger partial charge on any atom is -0.476 e. The Morgan fingerprint density at radius 2 is 1.89 bits per heavy atom. The third kappa shape index (κ3) is 5.19. The number of rotatable bonds is 7. The number of primary amides is 1. The Balaban J connectivity index is 1.71. The van der Waals surface area contributed by atoms with Gasteiger partial charge in [0, 0.05) is 18.0 Å². The number of imidazole rings is 1. The number of amides is 1. The van der Waals surface area contributed by atoms with Gasteiger partial charge in [-0.15, -0.1) is 0 Å². The molecule has 0 radical (unpaired) electrons. The van der Waals surface area contributed by atoms with E-state index in [4.69, 9.17) is 14.9 Å². The maximum Gasteiger partial charge on any atom is 0.416 e. The average Bonchev–Trinajstić information content (AvgIpc) is 3.44. The number of nitrogens with zero attached hydrogens (tertiary/aromatic N) is 3. The van der Waals surface area contributed by atoms with Gasteiger partial charge in [0.2, 0.25) is 5.89 Å². The van der Waals surface area contributed by atoms with Crippen LogP contribution in [0.25, 0.3) is 11.3 Å². The zero-order chi connectivity index (χ0) is 25.3. The number of nitrogens with two attached hydrogens (primary N) is 1. The zero-order valence-corrected chi connectivity index (χ0v) is 19.0. The van der Waals surface area contributed by atoms with E-state index >= 15 is 0 Å². The molecule has 0 bridgehead atoms. The summed E-state index contributed by atoms with van der Waals surface area (Å²) in [5.74, 6) is -4.35. The Morgan fingerprint density at radius 1 is 1.17 bits per heavy atom. The molecule has 0 fully saturated rings. The van der Waals surface area contributed by atoms with Crippen molar-refractivity contribution < 1.29 is 35.9 Å². The van der Waals surface area contributed by atoms with Crippen LogP contribution >= 0.6 is 15.9 Å². The van der Waals surface area contributed by atoms with Crippen LogP contribution in [0.15, 0.2) is 64.2 Å². The molecule has 0 aliphatic carbocycles. The number of ether oxygens (including phenoxy) is 1. The number of hydrogen-bond donors (Lipinski definition) is 1. The number of carbonyl (C=O) groups is 1. The molecule has 2 aromatic heterocycles. The summed E-state index contributed by atoms with van der Waals surface area (Å²) in [7, 11) is 0. The number of carbonyl (C=O) groups excluding carboxylic acids is 1. The molecule has 0 saturated carbocycles. The van der Waals surface area contributed by atoms with E-state index < -0.39 is 46.7 Å². The summed E-state index contributed by atoms with van der Waals surface area (Å²) in [6.07, 6.45) is -1.11. The van der Waals surface area contributed by atoms with Gasteiger partial charge in [-0.25, -0.2) is 18.7 Å².